The summed E-state index contributed by atoms with van der Waals surface area (Å²) < 4.78 is 7.26. The molecule has 0 atom stereocenters. The number of aryl methyl sites for hydroxylation is 3. The fourth-order valence-corrected chi connectivity index (χ4v) is 1.88. The predicted octanol–water partition coefficient (Wildman–Crippen LogP) is 2.71. The Morgan fingerprint density at radius 1 is 1.19 bits per heavy atom. The molecule has 84 valence electrons. The highest BCUT2D eigenvalue weighted by atomic mass is 16.5. The zero-order valence-electron chi connectivity index (χ0n) is 10.1. The van der Waals surface area contributed by atoms with Crippen LogP contribution in [-0.2, 0) is 7.05 Å². The van der Waals surface area contributed by atoms with Crippen molar-refractivity contribution in [3.63, 3.8) is 0 Å². The molecule has 0 spiro atoms. The molecule has 3 nitrogen and oxygen atoms in total. The number of ether oxygens (including phenoxy) is 1. The van der Waals surface area contributed by atoms with Crippen LogP contribution in [0.5, 0.6) is 5.75 Å². The number of hydrogen-bond acceptors (Lipinski definition) is 2. The molecule has 0 radical (unpaired) electrons. The lowest BCUT2D eigenvalue weighted by atomic mass is 10.1. The van der Waals surface area contributed by atoms with Crippen molar-refractivity contribution < 1.29 is 4.74 Å². The number of nitrogens with zero attached hydrogens (tertiary/aromatic N) is 2. The third-order valence-electron chi connectivity index (χ3n) is 2.63. The van der Waals surface area contributed by atoms with Crippen molar-refractivity contribution in [1.29, 1.82) is 0 Å². The average molecular weight is 216 g/mol. The lowest BCUT2D eigenvalue weighted by Gasteiger charge is -2.09. The Balaban J connectivity index is 2.62. The lowest BCUT2D eigenvalue weighted by molar-refractivity contribution is 0.416. The molecule has 0 amide bonds. The molecule has 16 heavy (non-hydrogen) atoms. The molecule has 1 aromatic carbocycles. The van der Waals surface area contributed by atoms with Gasteiger partial charge in [0.05, 0.1) is 18.5 Å². The van der Waals surface area contributed by atoms with Crippen molar-refractivity contribution in [2.24, 2.45) is 7.05 Å². The van der Waals surface area contributed by atoms with Crippen LogP contribution in [0.2, 0.25) is 0 Å². The summed E-state index contributed by atoms with van der Waals surface area (Å²) in [4.78, 5) is 0. The van der Waals surface area contributed by atoms with Gasteiger partial charge in [-0.2, -0.15) is 5.10 Å². The van der Waals surface area contributed by atoms with Crippen LogP contribution in [0.3, 0.4) is 0 Å². The molecule has 2 rings (SSSR count). The van der Waals surface area contributed by atoms with E-state index in [0.717, 1.165) is 22.7 Å². The molecule has 0 saturated heterocycles. The molecule has 0 aliphatic rings. The Morgan fingerprint density at radius 2 is 1.94 bits per heavy atom. The number of rotatable bonds is 2. The minimum atomic E-state index is 0.883. The summed E-state index contributed by atoms with van der Waals surface area (Å²) in [6.07, 6.45) is 0. The number of hydrogen-bond donors (Lipinski definition) is 0. The second-order valence-corrected chi connectivity index (χ2v) is 4.00. The minimum Gasteiger partial charge on any atom is -0.496 e. The molecule has 1 heterocycles. The van der Waals surface area contributed by atoms with Crippen LogP contribution in [0, 0.1) is 13.8 Å². The van der Waals surface area contributed by atoms with Gasteiger partial charge in [-0.1, -0.05) is 11.6 Å². The topological polar surface area (TPSA) is 27.1 Å². The molecule has 0 fully saturated rings. The van der Waals surface area contributed by atoms with E-state index in [1.807, 2.05) is 30.8 Å². The smallest absolute Gasteiger partial charge is 0.128 e. The monoisotopic (exact) mass is 216 g/mol. The quantitative estimate of drug-likeness (QED) is 0.771. The van der Waals surface area contributed by atoms with Crippen LogP contribution in [0.15, 0.2) is 24.3 Å². The predicted molar refractivity (Wildman–Crippen MR) is 64.7 cm³/mol. The van der Waals surface area contributed by atoms with Crippen molar-refractivity contribution in [3.05, 3.63) is 35.5 Å². The van der Waals surface area contributed by atoms with E-state index in [1.54, 1.807) is 7.11 Å². The van der Waals surface area contributed by atoms with Crippen molar-refractivity contribution in [2.45, 2.75) is 13.8 Å². The van der Waals surface area contributed by atoms with Crippen LogP contribution in [0.4, 0.5) is 0 Å². The number of methoxy groups -OCH3 is 1. The van der Waals surface area contributed by atoms with E-state index >= 15 is 0 Å². The third kappa shape index (κ3) is 1.81. The van der Waals surface area contributed by atoms with E-state index in [9.17, 15) is 0 Å². The second-order valence-electron chi connectivity index (χ2n) is 4.00. The van der Waals surface area contributed by atoms with Gasteiger partial charge in [0, 0.05) is 12.6 Å². The zero-order chi connectivity index (χ0) is 11.7. The third-order valence-corrected chi connectivity index (χ3v) is 2.63. The van der Waals surface area contributed by atoms with E-state index in [2.05, 4.69) is 24.2 Å². The van der Waals surface area contributed by atoms with Crippen LogP contribution in [0.1, 0.15) is 11.3 Å². The van der Waals surface area contributed by atoms with Crippen molar-refractivity contribution in [1.82, 2.24) is 9.78 Å². The summed E-state index contributed by atoms with van der Waals surface area (Å²) in [5.41, 5.74) is 4.40. The van der Waals surface area contributed by atoms with E-state index in [1.165, 1.54) is 5.56 Å². The molecule has 0 saturated carbocycles. The van der Waals surface area contributed by atoms with Crippen LogP contribution in [0.25, 0.3) is 11.3 Å². The van der Waals surface area contributed by atoms with Crippen LogP contribution in [-0.4, -0.2) is 16.9 Å². The first kappa shape index (κ1) is 10.7. The van der Waals surface area contributed by atoms with E-state index < -0.39 is 0 Å². The standard InChI is InChI=1S/C13H16N2O/c1-9-5-6-13(16-4)11(7-9)12-8-10(2)14-15(12)3/h5-8H,1-4H3. The van der Waals surface area contributed by atoms with Gasteiger partial charge < -0.3 is 4.74 Å². The van der Waals surface area contributed by atoms with Gasteiger partial charge in [-0.15, -0.1) is 0 Å². The van der Waals surface area contributed by atoms with Gasteiger partial charge in [0.25, 0.3) is 0 Å². The fourth-order valence-electron chi connectivity index (χ4n) is 1.88. The Morgan fingerprint density at radius 3 is 2.50 bits per heavy atom. The first-order valence-corrected chi connectivity index (χ1v) is 5.27. The Hall–Kier alpha value is -1.77. The Bertz CT molecular complexity index is 515. The molecular formula is C13H16N2O. The highest BCUT2D eigenvalue weighted by molar-refractivity contribution is 5.68. The first-order chi connectivity index (χ1) is 7.61. The van der Waals surface area contributed by atoms with Crippen molar-refractivity contribution in [3.8, 4) is 17.0 Å². The molecule has 1 aromatic heterocycles. The highest BCUT2D eigenvalue weighted by Crippen LogP contribution is 2.30. The van der Waals surface area contributed by atoms with Crippen molar-refractivity contribution in [2.75, 3.05) is 7.11 Å². The molecular weight excluding hydrogens is 200 g/mol. The van der Waals surface area contributed by atoms with Gasteiger partial charge in [0.15, 0.2) is 0 Å². The van der Waals surface area contributed by atoms with Crippen molar-refractivity contribution >= 4 is 0 Å². The maximum atomic E-state index is 5.38. The van der Waals surface area contributed by atoms with Gasteiger partial charge in [0.1, 0.15) is 5.75 Å². The van der Waals surface area contributed by atoms with Gasteiger partial charge in [0.2, 0.25) is 0 Å². The molecule has 3 heteroatoms. The van der Waals surface area contributed by atoms with E-state index in [0.29, 0.717) is 0 Å². The maximum absolute atomic E-state index is 5.38. The van der Waals surface area contributed by atoms with E-state index in [-0.39, 0.29) is 0 Å². The summed E-state index contributed by atoms with van der Waals surface area (Å²) in [7, 11) is 3.64. The normalized spacial score (nSPS) is 10.5. The Labute approximate surface area is 95.7 Å². The molecule has 0 aliphatic heterocycles. The molecule has 0 bridgehead atoms. The highest BCUT2D eigenvalue weighted by Gasteiger charge is 2.10. The maximum Gasteiger partial charge on any atom is 0.128 e. The SMILES string of the molecule is COc1ccc(C)cc1-c1cc(C)nn1C. The molecule has 0 aliphatic carbocycles. The summed E-state index contributed by atoms with van der Waals surface area (Å²) in [6.45, 7) is 4.07. The minimum absolute atomic E-state index is 0.883. The second kappa shape index (κ2) is 4.00. The first-order valence-electron chi connectivity index (χ1n) is 5.27. The summed E-state index contributed by atoms with van der Waals surface area (Å²) in [6, 6.07) is 8.23. The number of aromatic nitrogens is 2. The molecule has 0 unspecified atom stereocenters. The zero-order valence-corrected chi connectivity index (χ0v) is 10.1. The Kier molecular flexibility index (Phi) is 2.69. The van der Waals surface area contributed by atoms with Gasteiger partial charge in [-0.25, -0.2) is 0 Å². The van der Waals surface area contributed by atoms with Gasteiger partial charge in [-0.05, 0) is 32.0 Å². The lowest BCUT2D eigenvalue weighted by Crippen LogP contribution is -1.96. The summed E-state index contributed by atoms with van der Waals surface area (Å²) in [5.74, 6) is 0.883. The van der Waals surface area contributed by atoms with Gasteiger partial charge >= 0.3 is 0 Å². The average Bonchev–Trinajstić information content (AvgIpc) is 2.57. The fraction of sp³-hybridized carbons (Fsp3) is 0.308. The van der Waals surface area contributed by atoms with Crippen LogP contribution >= 0.6 is 0 Å². The van der Waals surface area contributed by atoms with E-state index in [4.69, 9.17) is 4.74 Å². The van der Waals surface area contributed by atoms with Gasteiger partial charge in [-0.3, -0.25) is 4.68 Å². The van der Waals surface area contributed by atoms with Crippen LogP contribution < -0.4 is 4.74 Å². The molecule has 2 aromatic rings. The largest absolute Gasteiger partial charge is 0.496 e. The summed E-state index contributed by atoms with van der Waals surface area (Å²) in [5, 5.41) is 4.35. The number of benzene rings is 1. The summed E-state index contributed by atoms with van der Waals surface area (Å²) >= 11 is 0. The molecule has 0 N–H and O–H groups in total.